The SMILES string of the molecule is O=S(=O)(c1ccc(Cl)cc1)[C@]1(c2cc(F)ccc2F)CC[C@@H](NCc2ccccc2)CC1. The van der Waals surface area contributed by atoms with E-state index in [4.69, 9.17) is 11.6 Å². The Balaban J connectivity index is 1.66. The minimum absolute atomic E-state index is 0.0567. The first-order valence-corrected chi connectivity index (χ1v) is 12.4. The van der Waals surface area contributed by atoms with Gasteiger partial charge in [-0.1, -0.05) is 41.9 Å². The third-order valence-corrected chi connectivity index (χ3v) is 9.09. The summed E-state index contributed by atoms with van der Waals surface area (Å²) < 4.78 is 55.1. The molecule has 0 aliphatic heterocycles. The van der Waals surface area contributed by atoms with E-state index in [-0.39, 0.29) is 29.3 Å². The summed E-state index contributed by atoms with van der Waals surface area (Å²) in [6.07, 6.45) is 1.42. The zero-order chi connectivity index (χ0) is 22.8. The molecule has 0 saturated heterocycles. The molecule has 4 rings (SSSR count). The summed E-state index contributed by atoms with van der Waals surface area (Å²) in [7, 11) is -4.02. The highest BCUT2D eigenvalue weighted by atomic mass is 35.5. The Hall–Kier alpha value is -2.28. The first kappa shape index (κ1) is 22.9. The summed E-state index contributed by atoms with van der Waals surface area (Å²) in [5, 5.41) is 3.88. The lowest BCUT2D eigenvalue weighted by Gasteiger charge is -2.40. The minimum atomic E-state index is -4.02. The van der Waals surface area contributed by atoms with Crippen molar-refractivity contribution >= 4 is 21.4 Å². The van der Waals surface area contributed by atoms with Gasteiger partial charge >= 0.3 is 0 Å². The number of hydrogen-bond acceptors (Lipinski definition) is 3. The van der Waals surface area contributed by atoms with E-state index in [0.29, 0.717) is 24.4 Å². The van der Waals surface area contributed by atoms with Crippen LogP contribution in [0.2, 0.25) is 5.02 Å². The van der Waals surface area contributed by atoms with Gasteiger partial charge in [-0.2, -0.15) is 0 Å². The molecule has 7 heteroatoms. The lowest BCUT2D eigenvalue weighted by atomic mass is 9.80. The largest absolute Gasteiger partial charge is 0.310 e. The normalized spacial score (nSPS) is 21.4. The van der Waals surface area contributed by atoms with Gasteiger partial charge in [0.25, 0.3) is 0 Å². The van der Waals surface area contributed by atoms with Crippen LogP contribution >= 0.6 is 11.6 Å². The fraction of sp³-hybridized carbons (Fsp3) is 0.280. The monoisotopic (exact) mass is 475 g/mol. The smallest absolute Gasteiger partial charge is 0.188 e. The average Bonchev–Trinajstić information content (AvgIpc) is 2.80. The van der Waals surface area contributed by atoms with Crippen LogP contribution in [0.4, 0.5) is 8.78 Å². The standard InChI is InChI=1S/C25H24ClF2NO2S/c26-19-6-9-22(10-7-19)32(30,31)25(23-16-20(27)8-11-24(23)28)14-12-21(13-15-25)29-17-18-4-2-1-3-5-18/h1-11,16,21,29H,12-15,17H2/t21-,25-. The molecule has 0 aromatic heterocycles. The van der Waals surface area contributed by atoms with Gasteiger partial charge in [-0.15, -0.1) is 0 Å². The van der Waals surface area contributed by atoms with Crippen LogP contribution in [-0.2, 0) is 21.1 Å². The highest BCUT2D eigenvalue weighted by molar-refractivity contribution is 7.92. The quantitative estimate of drug-likeness (QED) is 0.474. The highest BCUT2D eigenvalue weighted by Gasteiger charge is 2.50. The van der Waals surface area contributed by atoms with Crippen LogP contribution in [0.15, 0.2) is 77.7 Å². The molecule has 1 fully saturated rings. The topological polar surface area (TPSA) is 46.2 Å². The predicted octanol–water partition coefficient (Wildman–Crippen LogP) is 6.02. The molecule has 0 atom stereocenters. The fourth-order valence-electron chi connectivity index (χ4n) is 4.52. The summed E-state index contributed by atoms with van der Waals surface area (Å²) in [6, 6.07) is 18.9. The molecule has 0 amide bonds. The third-order valence-electron chi connectivity index (χ3n) is 6.29. The zero-order valence-corrected chi connectivity index (χ0v) is 19.0. The summed E-state index contributed by atoms with van der Waals surface area (Å²) in [6.45, 7) is 0.663. The van der Waals surface area contributed by atoms with Gasteiger partial charge in [0, 0.05) is 23.2 Å². The Kier molecular flexibility index (Phi) is 6.65. The number of rotatable bonds is 6. The maximum atomic E-state index is 14.9. The van der Waals surface area contributed by atoms with E-state index in [1.54, 1.807) is 0 Å². The first-order chi connectivity index (χ1) is 15.3. The second kappa shape index (κ2) is 9.30. The Labute approximate surface area is 192 Å². The number of hydrogen-bond donors (Lipinski definition) is 1. The first-order valence-electron chi connectivity index (χ1n) is 10.5. The van der Waals surface area contributed by atoms with E-state index in [1.807, 2.05) is 30.3 Å². The van der Waals surface area contributed by atoms with Crippen molar-refractivity contribution in [1.29, 1.82) is 0 Å². The molecule has 0 bridgehead atoms. The van der Waals surface area contributed by atoms with E-state index in [9.17, 15) is 17.2 Å². The maximum absolute atomic E-state index is 14.9. The Morgan fingerprint density at radius 3 is 2.25 bits per heavy atom. The van der Waals surface area contributed by atoms with E-state index >= 15 is 0 Å². The average molecular weight is 476 g/mol. The highest BCUT2D eigenvalue weighted by Crippen LogP contribution is 2.48. The molecule has 3 nitrogen and oxygen atoms in total. The van der Waals surface area contributed by atoms with E-state index in [2.05, 4.69) is 5.32 Å². The van der Waals surface area contributed by atoms with Crippen LogP contribution in [-0.4, -0.2) is 14.5 Å². The van der Waals surface area contributed by atoms with Gasteiger partial charge in [-0.05, 0) is 73.7 Å². The summed E-state index contributed by atoms with van der Waals surface area (Å²) in [5.41, 5.74) is 1.03. The molecule has 1 aliphatic rings. The van der Waals surface area contributed by atoms with Crippen LogP contribution in [0.1, 0.15) is 36.8 Å². The van der Waals surface area contributed by atoms with Crippen molar-refractivity contribution in [3.05, 3.63) is 101 Å². The van der Waals surface area contributed by atoms with Crippen molar-refractivity contribution in [2.45, 2.75) is 47.9 Å². The van der Waals surface area contributed by atoms with Gasteiger partial charge < -0.3 is 5.32 Å². The van der Waals surface area contributed by atoms with Crippen LogP contribution in [0, 0.1) is 11.6 Å². The summed E-state index contributed by atoms with van der Waals surface area (Å²) >= 11 is 5.94. The van der Waals surface area contributed by atoms with Gasteiger partial charge in [0.15, 0.2) is 9.84 Å². The van der Waals surface area contributed by atoms with Crippen LogP contribution < -0.4 is 5.32 Å². The van der Waals surface area contributed by atoms with Crippen molar-refractivity contribution in [2.24, 2.45) is 0 Å². The zero-order valence-electron chi connectivity index (χ0n) is 17.4. The Morgan fingerprint density at radius 1 is 0.938 bits per heavy atom. The Bertz CT molecular complexity index is 1180. The van der Waals surface area contributed by atoms with E-state index in [1.165, 1.54) is 24.3 Å². The number of nitrogens with one attached hydrogen (secondary N) is 1. The summed E-state index contributed by atoms with van der Waals surface area (Å²) in [4.78, 5) is 0.0567. The molecule has 0 radical (unpaired) electrons. The van der Waals surface area contributed by atoms with Gasteiger partial charge in [-0.3, -0.25) is 0 Å². The minimum Gasteiger partial charge on any atom is -0.310 e. The van der Waals surface area contributed by atoms with Gasteiger partial charge in [0.1, 0.15) is 16.4 Å². The third kappa shape index (κ3) is 4.45. The molecule has 32 heavy (non-hydrogen) atoms. The fourth-order valence-corrected chi connectivity index (χ4v) is 6.81. The van der Waals surface area contributed by atoms with E-state index in [0.717, 1.165) is 23.8 Å². The molecular formula is C25H24ClF2NO2S. The van der Waals surface area contributed by atoms with Crippen LogP contribution in [0.25, 0.3) is 0 Å². The molecule has 0 spiro atoms. The second-order valence-electron chi connectivity index (χ2n) is 8.22. The number of sulfone groups is 1. The maximum Gasteiger partial charge on any atom is 0.188 e. The van der Waals surface area contributed by atoms with Crippen molar-refractivity contribution < 1.29 is 17.2 Å². The van der Waals surface area contributed by atoms with Crippen molar-refractivity contribution in [3.63, 3.8) is 0 Å². The number of halogens is 3. The molecule has 1 saturated carbocycles. The van der Waals surface area contributed by atoms with Crippen molar-refractivity contribution in [3.8, 4) is 0 Å². The molecule has 3 aromatic carbocycles. The van der Waals surface area contributed by atoms with Gasteiger partial charge in [-0.25, -0.2) is 17.2 Å². The number of benzene rings is 3. The lowest BCUT2D eigenvalue weighted by molar-refractivity contribution is 0.301. The molecule has 3 aromatic rings. The van der Waals surface area contributed by atoms with E-state index < -0.39 is 26.2 Å². The molecular weight excluding hydrogens is 452 g/mol. The molecule has 0 heterocycles. The molecule has 0 unspecified atom stereocenters. The van der Waals surface area contributed by atoms with Crippen molar-refractivity contribution in [1.82, 2.24) is 5.32 Å². The van der Waals surface area contributed by atoms with Crippen LogP contribution in [0.5, 0.6) is 0 Å². The lowest BCUT2D eigenvalue weighted by Crippen LogP contribution is -2.44. The summed E-state index contributed by atoms with van der Waals surface area (Å²) in [5.74, 6) is -1.36. The predicted molar refractivity (Wildman–Crippen MR) is 122 cm³/mol. The van der Waals surface area contributed by atoms with Gasteiger partial charge in [0.05, 0.1) is 4.90 Å². The molecule has 1 N–H and O–H groups in total. The van der Waals surface area contributed by atoms with Gasteiger partial charge in [0.2, 0.25) is 0 Å². The molecule has 1 aliphatic carbocycles. The Morgan fingerprint density at radius 2 is 1.59 bits per heavy atom. The second-order valence-corrected chi connectivity index (χ2v) is 10.9. The molecule has 168 valence electrons. The van der Waals surface area contributed by atoms with Crippen LogP contribution in [0.3, 0.4) is 0 Å². The van der Waals surface area contributed by atoms with Crippen molar-refractivity contribution in [2.75, 3.05) is 0 Å².